The summed E-state index contributed by atoms with van der Waals surface area (Å²) < 4.78 is 0. The molecule has 0 atom stereocenters. The van der Waals surface area contributed by atoms with Crippen LogP contribution in [0, 0.1) is 13.0 Å². The summed E-state index contributed by atoms with van der Waals surface area (Å²) in [5.74, 6) is 0. The van der Waals surface area contributed by atoms with E-state index in [0.717, 1.165) is 16.6 Å². The van der Waals surface area contributed by atoms with Crippen molar-refractivity contribution in [1.29, 1.82) is 0 Å². The van der Waals surface area contributed by atoms with Crippen LogP contribution >= 0.6 is 0 Å². The van der Waals surface area contributed by atoms with E-state index in [1.165, 1.54) is 0 Å². The average molecular weight is 143 g/mol. The van der Waals surface area contributed by atoms with Crippen molar-refractivity contribution in [3.8, 4) is 0 Å². The van der Waals surface area contributed by atoms with Crippen molar-refractivity contribution in [2.75, 3.05) is 0 Å². The molecule has 2 aromatic rings. The van der Waals surface area contributed by atoms with Gasteiger partial charge in [0, 0.05) is 11.1 Å². The standard InChI is InChI=1S/C9H7N2/c1-7-8-4-2-3-5-9(8)11-6-10-7/h3-6H,1H3. The van der Waals surface area contributed by atoms with Crippen LogP contribution in [0.15, 0.2) is 24.5 Å². The molecule has 53 valence electrons. The van der Waals surface area contributed by atoms with Crippen LogP contribution in [-0.4, -0.2) is 9.97 Å². The number of aromatic nitrogens is 2. The number of aryl methyl sites for hydroxylation is 1. The number of benzene rings is 1. The van der Waals surface area contributed by atoms with Crippen molar-refractivity contribution in [3.05, 3.63) is 36.3 Å². The minimum atomic E-state index is 0.983. The molecular weight excluding hydrogens is 136 g/mol. The molecule has 0 unspecified atom stereocenters. The highest BCUT2D eigenvalue weighted by atomic mass is 14.8. The molecule has 0 fully saturated rings. The maximum atomic E-state index is 4.11. The van der Waals surface area contributed by atoms with Crippen molar-refractivity contribution >= 4 is 10.9 Å². The zero-order valence-corrected chi connectivity index (χ0v) is 6.20. The smallest absolute Gasteiger partial charge is 0.116 e. The van der Waals surface area contributed by atoms with Gasteiger partial charge in [-0.05, 0) is 25.1 Å². The van der Waals surface area contributed by atoms with Crippen molar-refractivity contribution in [2.45, 2.75) is 6.92 Å². The molecule has 0 amide bonds. The molecule has 0 spiro atoms. The fourth-order valence-electron chi connectivity index (χ4n) is 1.07. The van der Waals surface area contributed by atoms with E-state index < -0.39 is 0 Å². The summed E-state index contributed by atoms with van der Waals surface area (Å²) in [5.41, 5.74) is 1.99. The van der Waals surface area contributed by atoms with E-state index in [2.05, 4.69) is 16.0 Å². The summed E-state index contributed by atoms with van der Waals surface area (Å²) >= 11 is 0. The topological polar surface area (TPSA) is 25.8 Å². The van der Waals surface area contributed by atoms with Gasteiger partial charge in [0.1, 0.15) is 6.33 Å². The zero-order valence-electron chi connectivity index (χ0n) is 6.20. The Morgan fingerprint density at radius 1 is 1.36 bits per heavy atom. The fraction of sp³-hybridized carbons (Fsp3) is 0.111. The van der Waals surface area contributed by atoms with Crippen molar-refractivity contribution in [1.82, 2.24) is 9.97 Å². The van der Waals surface area contributed by atoms with Gasteiger partial charge < -0.3 is 0 Å². The summed E-state index contributed by atoms with van der Waals surface area (Å²) in [6.07, 6.45) is 1.58. The highest BCUT2D eigenvalue weighted by molar-refractivity contribution is 5.79. The van der Waals surface area contributed by atoms with Crippen molar-refractivity contribution < 1.29 is 0 Å². The Kier molecular flexibility index (Phi) is 1.32. The van der Waals surface area contributed by atoms with Gasteiger partial charge in [-0.25, -0.2) is 9.97 Å². The van der Waals surface area contributed by atoms with Crippen LogP contribution in [0.2, 0.25) is 0 Å². The van der Waals surface area contributed by atoms with Crippen LogP contribution in [0.3, 0.4) is 0 Å². The average Bonchev–Trinajstić information content (AvgIpc) is 2.06. The van der Waals surface area contributed by atoms with E-state index in [-0.39, 0.29) is 0 Å². The molecule has 0 saturated heterocycles. The number of nitrogens with zero attached hydrogens (tertiary/aromatic N) is 2. The summed E-state index contributed by atoms with van der Waals surface area (Å²) in [6, 6.07) is 8.69. The third-order valence-electron chi connectivity index (χ3n) is 1.68. The van der Waals surface area contributed by atoms with Crippen LogP contribution in [0.5, 0.6) is 0 Å². The first kappa shape index (κ1) is 6.28. The SMILES string of the molecule is Cc1ncnc2cc[c]cc12. The van der Waals surface area contributed by atoms with Crippen LogP contribution in [0.25, 0.3) is 10.9 Å². The second-order valence-electron chi connectivity index (χ2n) is 2.40. The lowest BCUT2D eigenvalue weighted by atomic mass is 10.2. The minimum absolute atomic E-state index is 0.983. The molecule has 2 rings (SSSR count). The lowest BCUT2D eigenvalue weighted by Gasteiger charge is -1.96. The largest absolute Gasteiger partial charge is 0.241 e. The monoisotopic (exact) mass is 143 g/mol. The Morgan fingerprint density at radius 3 is 3.09 bits per heavy atom. The maximum absolute atomic E-state index is 4.11. The van der Waals surface area contributed by atoms with Gasteiger partial charge in [-0.15, -0.1) is 0 Å². The zero-order chi connectivity index (χ0) is 7.68. The Balaban J connectivity index is 2.91. The highest BCUT2D eigenvalue weighted by Gasteiger charge is 1.95. The summed E-state index contributed by atoms with van der Waals surface area (Å²) in [5, 5.41) is 1.08. The Labute approximate surface area is 64.9 Å². The summed E-state index contributed by atoms with van der Waals surface area (Å²) in [6.45, 7) is 1.97. The molecule has 0 aliphatic heterocycles. The molecule has 0 N–H and O–H groups in total. The van der Waals surface area contributed by atoms with Gasteiger partial charge in [-0.1, -0.05) is 6.07 Å². The predicted molar refractivity (Wildman–Crippen MR) is 43.1 cm³/mol. The molecule has 2 heteroatoms. The van der Waals surface area contributed by atoms with Gasteiger partial charge in [0.15, 0.2) is 0 Å². The van der Waals surface area contributed by atoms with E-state index in [1.54, 1.807) is 6.33 Å². The maximum Gasteiger partial charge on any atom is 0.116 e. The second kappa shape index (κ2) is 2.31. The first-order chi connectivity index (χ1) is 5.38. The normalized spacial score (nSPS) is 10.3. The van der Waals surface area contributed by atoms with Crippen LogP contribution in [0.4, 0.5) is 0 Å². The molecule has 1 aromatic carbocycles. The number of hydrogen-bond acceptors (Lipinski definition) is 2. The van der Waals surface area contributed by atoms with E-state index >= 15 is 0 Å². The Morgan fingerprint density at radius 2 is 2.27 bits per heavy atom. The molecule has 1 aromatic heterocycles. The van der Waals surface area contributed by atoms with E-state index in [9.17, 15) is 0 Å². The minimum Gasteiger partial charge on any atom is -0.241 e. The van der Waals surface area contributed by atoms with Crippen molar-refractivity contribution in [2.24, 2.45) is 0 Å². The third-order valence-corrected chi connectivity index (χ3v) is 1.68. The second-order valence-corrected chi connectivity index (χ2v) is 2.40. The fourth-order valence-corrected chi connectivity index (χ4v) is 1.07. The van der Waals surface area contributed by atoms with Gasteiger partial charge in [0.05, 0.1) is 5.52 Å². The third kappa shape index (κ3) is 0.963. The molecule has 0 aliphatic rings. The molecular formula is C9H7N2. The summed E-state index contributed by atoms with van der Waals surface area (Å²) in [7, 11) is 0. The molecule has 0 aliphatic carbocycles. The van der Waals surface area contributed by atoms with E-state index in [1.807, 2.05) is 25.1 Å². The van der Waals surface area contributed by atoms with Gasteiger partial charge in [0.2, 0.25) is 0 Å². The lowest BCUT2D eigenvalue weighted by molar-refractivity contribution is 1.15. The number of fused-ring (bicyclic) bond motifs is 1. The Hall–Kier alpha value is -1.44. The molecule has 1 radical (unpaired) electrons. The van der Waals surface area contributed by atoms with Crippen LogP contribution < -0.4 is 0 Å². The predicted octanol–water partition coefficient (Wildman–Crippen LogP) is 1.74. The highest BCUT2D eigenvalue weighted by Crippen LogP contribution is 2.11. The molecule has 11 heavy (non-hydrogen) atoms. The van der Waals surface area contributed by atoms with E-state index in [4.69, 9.17) is 0 Å². The molecule has 2 nitrogen and oxygen atoms in total. The molecule has 0 saturated carbocycles. The quantitative estimate of drug-likeness (QED) is 0.561. The van der Waals surface area contributed by atoms with Gasteiger partial charge in [-0.3, -0.25) is 0 Å². The van der Waals surface area contributed by atoms with Crippen LogP contribution in [0.1, 0.15) is 5.69 Å². The first-order valence-corrected chi connectivity index (χ1v) is 3.45. The first-order valence-electron chi connectivity index (χ1n) is 3.45. The van der Waals surface area contributed by atoms with Gasteiger partial charge >= 0.3 is 0 Å². The van der Waals surface area contributed by atoms with Crippen LogP contribution in [-0.2, 0) is 0 Å². The van der Waals surface area contributed by atoms with Crippen molar-refractivity contribution in [3.63, 3.8) is 0 Å². The van der Waals surface area contributed by atoms with Gasteiger partial charge in [-0.2, -0.15) is 0 Å². The number of rotatable bonds is 0. The van der Waals surface area contributed by atoms with Gasteiger partial charge in [0.25, 0.3) is 0 Å². The lowest BCUT2D eigenvalue weighted by Crippen LogP contribution is -1.85. The summed E-state index contributed by atoms with van der Waals surface area (Å²) in [4.78, 5) is 8.19. The van der Waals surface area contributed by atoms with E-state index in [0.29, 0.717) is 0 Å². The molecule has 0 bridgehead atoms. The number of hydrogen-bond donors (Lipinski definition) is 0. The Bertz CT molecular complexity index is 377. The molecule has 1 heterocycles.